The molecule has 78 valence electrons. The van der Waals surface area contributed by atoms with E-state index in [1.165, 1.54) is 12.1 Å². The van der Waals surface area contributed by atoms with Crippen molar-refractivity contribution in [2.45, 2.75) is 6.92 Å². The van der Waals surface area contributed by atoms with Crippen molar-refractivity contribution in [3.8, 4) is 11.3 Å². The lowest BCUT2D eigenvalue weighted by molar-refractivity contribution is 0.625. The standard InChI is InChI=1S/C10H9F2N3/c1-5-2-3-6(11)4-7(5)9-8(12)10(13)15-14-9/h2-4H,1H3,(H3,13,14,15). The number of aromatic nitrogens is 2. The van der Waals surface area contributed by atoms with E-state index in [0.29, 0.717) is 5.56 Å². The van der Waals surface area contributed by atoms with Crippen LogP contribution in [0.1, 0.15) is 5.56 Å². The van der Waals surface area contributed by atoms with Crippen molar-refractivity contribution in [3.63, 3.8) is 0 Å². The number of halogens is 2. The van der Waals surface area contributed by atoms with E-state index in [9.17, 15) is 8.78 Å². The van der Waals surface area contributed by atoms with Crippen LogP contribution in [0.4, 0.5) is 14.6 Å². The van der Waals surface area contributed by atoms with Gasteiger partial charge < -0.3 is 5.73 Å². The number of nitrogens with two attached hydrogens (primary N) is 1. The molecule has 0 spiro atoms. The highest BCUT2D eigenvalue weighted by Gasteiger charge is 2.14. The van der Waals surface area contributed by atoms with Gasteiger partial charge >= 0.3 is 0 Å². The summed E-state index contributed by atoms with van der Waals surface area (Å²) in [7, 11) is 0. The highest BCUT2D eigenvalue weighted by Crippen LogP contribution is 2.26. The highest BCUT2D eigenvalue weighted by atomic mass is 19.1. The lowest BCUT2D eigenvalue weighted by Gasteiger charge is -2.02. The summed E-state index contributed by atoms with van der Waals surface area (Å²) in [5.74, 6) is -1.29. The van der Waals surface area contributed by atoms with E-state index in [-0.39, 0.29) is 11.5 Å². The number of nitrogen functional groups attached to an aromatic ring is 1. The molecule has 0 radical (unpaired) electrons. The first-order valence-corrected chi connectivity index (χ1v) is 4.35. The monoisotopic (exact) mass is 209 g/mol. The molecule has 2 aromatic rings. The molecule has 0 amide bonds. The van der Waals surface area contributed by atoms with Gasteiger partial charge in [0.1, 0.15) is 11.5 Å². The van der Waals surface area contributed by atoms with Crippen LogP contribution in [0, 0.1) is 18.6 Å². The van der Waals surface area contributed by atoms with Gasteiger partial charge in [-0.1, -0.05) is 6.07 Å². The predicted molar refractivity (Wildman–Crippen MR) is 53.1 cm³/mol. The van der Waals surface area contributed by atoms with Crippen LogP contribution >= 0.6 is 0 Å². The zero-order valence-electron chi connectivity index (χ0n) is 8.01. The SMILES string of the molecule is Cc1ccc(F)cc1-c1[nH]nc(N)c1F. The number of hydrogen-bond acceptors (Lipinski definition) is 2. The first-order valence-electron chi connectivity index (χ1n) is 4.35. The van der Waals surface area contributed by atoms with E-state index < -0.39 is 11.6 Å². The molecule has 0 aliphatic heterocycles. The predicted octanol–water partition coefficient (Wildman–Crippen LogP) is 2.25. The molecule has 3 N–H and O–H groups in total. The Labute approximate surface area is 84.9 Å². The summed E-state index contributed by atoms with van der Waals surface area (Å²) in [5.41, 5.74) is 6.55. The van der Waals surface area contributed by atoms with Gasteiger partial charge in [0.05, 0.1) is 0 Å². The molecule has 0 fully saturated rings. The number of nitrogens with one attached hydrogen (secondary N) is 1. The van der Waals surface area contributed by atoms with E-state index >= 15 is 0 Å². The summed E-state index contributed by atoms with van der Waals surface area (Å²) in [4.78, 5) is 0. The third-order valence-corrected chi connectivity index (χ3v) is 2.20. The van der Waals surface area contributed by atoms with E-state index in [0.717, 1.165) is 5.56 Å². The van der Waals surface area contributed by atoms with Gasteiger partial charge in [-0.05, 0) is 24.6 Å². The average molecular weight is 209 g/mol. The third-order valence-electron chi connectivity index (χ3n) is 2.20. The quantitative estimate of drug-likeness (QED) is 0.756. The van der Waals surface area contributed by atoms with Crippen LogP contribution in [-0.2, 0) is 0 Å². The molecule has 0 atom stereocenters. The Morgan fingerprint density at radius 2 is 2.07 bits per heavy atom. The summed E-state index contributed by atoms with van der Waals surface area (Å²) < 4.78 is 26.4. The molecule has 3 nitrogen and oxygen atoms in total. The Balaban J connectivity index is 2.63. The van der Waals surface area contributed by atoms with Crippen LogP contribution in [0.5, 0.6) is 0 Å². The lowest BCUT2D eigenvalue weighted by atomic mass is 10.1. The molecule has 0 unspecified atom stereocenters. The molecular formula is C10H9F2N3. The van der Waals surface area contributed by atoms with Crippen molar-refractivity contribution < 1.29 is 8.78 Å². The van der Waals surface area contributed by atoms with Crippen LogP contribution in [0.2, 0.25) is 0 Å². The molecule has 0 saturated heterocycles. The summed E-state index contributed by atoms with van der Waals surface area (Å²) >= 11 is 0. The molecule has 1 aromatic carbocycles. The number of nitrogens with zero attached hydrogens (tertiary/aromatic N) is 1. The second kappa shape index (κ2) is 3.34. The van der Waals surface area contributed by atoms with Gasteiger partial charge in [-0.15, -0.1) is 0 Å². The van der Waals surface area contributed by atoms with Gasteiger partial charge in [0.2, 0.25) is 0 Å². The fourth-order valence-electron chi connectivity index (χ4n) is 1.38. The number of H-pyrrole nitrogens is 1. The fraction of sp³-hybridized carbons (Fsp3) is 0.100. The molecule has 0 saturated carbocycles. The van der Waals surface area contributed by atoms with Crippen molar-refractivity contribution in [3.05, 3.63) is 35.4 Å². The fourth-order valence-corrected chi connectivity index (χ4v) is 1.38. The van der Waals surface area contributed by atoms with Crippen LogP contribution in [-0.4, -0.2) is 10.2 Å². The summed E-state index contributed by atoms with van der Waals surface area (Å²) in [6.07, 6.45) is 0. The molecule has 0 bridgehead atoms. The molecule has 1 heterocycles. The molecular weight excluding hydrogens is 200 g/mol. The maximum Gasteiger partial charge on any atom is 0.192 e. The van der Waals surface area contributed by atoms with Gasteiger partial charge in [0.15, 0.2) is 11.6 Å². The molecule has 1 aromatic heterocycles. The van der Waals surface area contributed by atoms with Gasteiger partial charge in [0, 0.05) is 5.56 Å². The van der Waals surface area contributed by atoms with Gasteiger partial charge in [0.25, 0.3) is 0 Å². The minimum Gasteiger partial charge on any atom is -0.380 e. The second-order valence-corrected chi connectivity index (χ2v) is 3.26. The zero-order valence-corrected chi connectivity index (χ0v) is 8.01. The van der Waals surface area contributed by atoms with Crippen LogP contribution in [0.15, 0.2) is 18.2 Å². The molecule has 5 heteroatoms. The van der Waals surface area contributed by atoms with Gasteiger partial charge in [-0.2, -0.15) is 5.10 Å². The maximum absolute atomic E-state index is 13.4. The Kier molecular flexibility index (Phi) is 2.15. The minimum atomic E-state index is -0.649. The van der Waals surface area contributed by atoms with Crippen molar-refractivity contribution in [2.24, 2.45) is 0 Å². The normalized spacial score (nSPS) is 10.6. The van der Waals surface area contributed by atoms with Crippen molar-refractivity contribution in [2.75, 3.05) is 5.73 Å². The van der Waals surface area contributed by atoms with Gasteiger partial charge in [-0.25, -0.2) is 8.78 Å². The Morgan fingerprint density at radius 1 is 1.33 bits per heavy atom. The third kappa shape index (κ3) is 1.56. The molecule has 15 heavy (non-hydrogen) atoms. The van der Waals surface area contributed by atoms with Crippen LogP contribution in [0.25, 0.3) is 11.3 Å². The average Bonchev–Trinajstić information content (AvgIpc) is 2.52. The summed E-state index contributed by atoms with van der Waals surface area (Å²) in [6.45, 7) is 1.76. The van der Waals surface area contributed by atoms with Crippen LogP contribution < -0.4 is 5.73 Å². The van der Waals surface area contributed by atoms with E-state index in [1.807, 2.05) is 0 Å². The van der Waals surface area contributed by atoms with E-state index in [2.05, 4.69) is 10.2 Å². The number of anilines is 1. The number of hydrogen-bond donors (Lipinski definition) is 2. The minimum absolute atomic E-state index is 0.115. The molecule has 0 aliphatic rings. The summed E-state index contributed by atoms with van der Waals surface area (Å²) in [5, 5.41) is 5.96. The van der Waals surface area contributed by atoms with Crippen molar-refractivity contribution in [1.29, 1.82) is 0 Å². The van der Waals surface area contributed by atoms with E-state index in [1.54, 1.807) is 13.0 Å². The van der Waals surface area contributed by atoms with Crippen molar-refractivity contribution >= 4 is 5.82 Å². The number of aromatic amines is 1. The largest absolute Gasteiger partial charge is 0.380 e. The smallest absolute Gasteiger partial charge is 0.192 e. The topological polar surface area (TPSA) is 54.7 Å². The Morgan fingerprint density at radius 3 is 2.67 bits per heavy atom. The van der Waals surface area contributed by atoms with E-state index in [4.69, 9.17) is 5.73 Å². The van der Waals surface area contributed by atoms with Gasteiger partial charge in [-0.3, -0.25) is 5.10 Å². The zero-order chi connectivity index (χ0) is 11.0. The summed E-state index contributed by atoms with van der Waals surface area (Å²) in [6, 6.07) is 4.13. The van der Waals surface area contributed by atoms with Crippen molar-refractivity contribution in [1.82, 2.24) is 10.2 Å². The number of rotatable bonds is 1. The second-order valence-electron chi connectivity index (χ2n) is 3.26. The Bertz CT molecular complexity index is 505. The first kappa shape index (κ1) is 9.64. The highest BCUT2D eigenvalue weighted by molar-refractivity contribution is 5.66. The number of benzene rings is 1. The Hall–Kier alpha value is -1.91. The number of aryl methyl sites for hydroxylation is 1. The molecule has 2 rings (SSSR count). The lowest BCUT2D eigenvalue weighted by Crippen LogP contribution is -1.90. The first-order chi connectivity index (χ1) is 7.09. The molecule has 0 aliphatic carbocycles. The maximum atomic E-state index is 13.4. The van der Waals surface area contributed by atoms with Crippen LogP contribution in [0.3, 0.4) is 0 Å².